The van der Waals surface area contributed by atoms with E-state index in [2.05, 4.69) is 5.32 Å². The van der Waals surface area contributed by atoms with E-state index in [9.17, 15) is 18.4 Å². The molecule has 0 radical (unpaired) electrons. The standard InChI is InChI=1S/C20H20F2N2O2S/c1-2-3-7-18(25)23-15-6-4-5-13(10-15)20-24(19(26)12-27-20)17-9-8-14(21)11-16(17)22/h4-6,8-11,20H,2-3,7,12H2,1H3,(H,23,25)/t20-/m1/s1. The molecule has 1 aliphatic rings. The van der Waals surface area contributed by atoms with Crippen molar-refractivity contribution in [2.24, 2.45) is 0 Å². The smallest absolute Gasteiger partial charge is 0.238 e. The fraction of sp³-hybridized carbons (Fsp3) is 0.300. The normalized spacial score (nSPS) is 16.6. The van der Waals surface area contributed by atoms with Gasteiger partial charge in [0.05, 0.1) is 11.4 Å². The molecule has 0 saturated carbocycles. The summed E-state index contributed by atoms with van der Waals surface area (Å²) in [6.45, 7) is 2.02. The molecule has 0 bridgehead atoms. The Balaban J connectivity index is 1.85. The van der Waals surface area contributed by atoms with E-state index in [0.29, 0.717) is 12.1 Å². The molecule has 1 saturated heterocycles. The largest absolute Gasteiger partial charge is 0.326 e. The Morgan fingerprint density at radius 3 is 2.81 bits per heavy atom. The predicted octanol–water partition coefficient (Wildman–Crippen LogP) is 4.87. The highest BCUT2D eigenvalue weighted by molar-refractivity contribution is 8.00. The highest BCUT2D eigenvalue weighted by Crippen LogP contribution is 2.43. The van der Waals surface area contributed by atoms with Crippen LogP contribution in [0.2, 0.25) is 0 Å². The summed E-state index contributed by atoms with van der Waals surface area (Å²) < 4.78 is 27.5. The van der Waals surface area contributed by atoms with Crippen LogP contribution in [0, 0.1) is 11.6 Å². The summed E-state index contributed by atoms with van der Waals surface area (Å²) >= 11 is 1.36. The minimum Gasteiger partial charge on any atom is -0.326 e. The quantitative estimate of drug-likeness (QED) is 0.765. The van der Waals surface area contributed by atoms with E-state index in [1.54, 1.807) is 18.2 Å². The van der Waals surface area contributed by atoms with Crippen molar-refractivity contribution < 1.29 is 18.4 Å². The first-order chi connectivity index (χ1) is 13.0. The number of nitrogens with one attached hydrogen (secondary N) is 1. The van der Waals surface area contributed by atoms with Crippen molar-refractivity contribution in [3.63, 3.8) is 0 Å². The monoisotopic (exact) mass is 390 g/mol. The van der Waals surface area contributed by atoms with Crippen LogP contribution in [0.4, 0.5) is 20.2 Å². The molecule has 0 spiro atoms. The molecule has 2 amide bonds. The number of benzene rings is 2. The zero-order chi connectivity index (χ0) is 19.4. The molecule has 2 aromatic rings. The lowest BCUT2D eigenvalue weighted by molar-refractivity contribution is -0.117. The van der Waals surface area contributed by atoms with Crippen LogP contribution in [0.1, 0.15) is 37.1 Å². The Bertz CT molecular complexity index is 860. The Kier molecular flexibility index (Phi) is 6.11. The van der Waals surface area contributed by atoms with Gasteiger partial charge in [-0.15, -0.1) is 11.8 Å². The van der Waals surface area contributed by atoms with Gasteiger partial charge in [0, 0.05) is 18.2 Å². The van der Waals surface area contributed by atoms with E-state index >= 15 is 0 Å². The van der Waals surface area contributed by atoms with Gasteiger partial charge in [0.25, 0.3) is 0 Å². The highest BCUT2D eigenvalue weighted by Gasteiger charge is 2.35. The molecule has 0 aliphatic carbocycles. The molecule has 0 aromatic heterocycles. The second kappa shape index (κ2) is 8.52. The summed E-state index contributed by atoms with van der Waals surface area (Å²) in [5.41, 5.74) is 1.45. The lowest BCUT2D eigenvalue weighted by atomic mass is 10.1. The van der Waals surface area contributed by atoms with Gasteiger partial charge in [-0.1, -0.05) is 25.5 Å². The minimum absolute atomic E-state index is 0.0498. The molecule has 7 heteroatoms. The fourth-order valence-corrected chi connectivity index (χ4v) is 4.10. The molecule has 1 N–H and O–H groups in total. The molecule has 1 atom stereocenters. The van der Waals surface area contributed by atoms with E-state index in [1.807, 2.05) is 13.0 Å². The van der Waals surface area contributed by atoms with Crippen LogP contribution < -0.4 is 10.2 Å². The molecule has 27 heavy (non-hydrogen) atoms. The number of carbonyl (C=O) groups is 2. The Hall–Kier alpha value is -2.41. The Morgan fingerprint density at radius 2 is 2.07 bits per heavy atom. The molecule has 4 nitrogen and oxygen atoms in total. The molecular weight excluding hydrogens is 370 g/mol. The van der Waals surface area contributed by atoms with Gasteiger partial charge in [-0.2, -0.15) is 0 Å². The summed E-state index contributed by atoms with van der Waals surface area (Å²) in [4.78, 5) is 25.6. The third kappa shape index (κ3) is 4.47. The van der Waals surface area contributed by atoms with Gasteiger partial charge in [-0.05, 0) is 36.2 Å². The van der Waals surface area contributed by atoms with Crippen molar-refractivity contribution in [1.82, 2.24) is 0 Å². The average molecular weight is 390 g/mol. The van der Waals surface area contributed by atoms with Crippen LogP contribution in [-0.4, -0.2) is 17.6 Å². The van der Waals surface area contributed by atoms with Crippen molar-refractivity contribution in [3.8, 4) is 0 Å². The molecule has 1 fully saturated rings. The second-order valence-electron chi connectivity index (χ2n) is 6.30. The van der Waals surface area contributed by atoms with Gasteiger partial charge >= 0.3 is 0 Å². The van der Waals surface area contributed by atoms with Crippen molar-refractivity contribution in [1.29, 1.82) is 0 Å². The predicted molar refractivity (Wildman–Crippen MR) is 104 cm³/mol. The van der Waals surface area contributed by atoms with Gasteiger partial charge in [-0.25, -0.2) is 8.78 Å². The van der Waals surface area contributed by atoms with Crippen LogP contribution in [0.15, 0.2) is 42.5 Å². The SMILES string of the molecule is CCCCC(=O)Nc1cccc([C@H]2SCC(=O)N2c2ccc(F)cc2F)c1. The highest BCUT2D eigenvalue weighted by atomic mass is 32.2. The van der Waals surface area contributed by atoms with Crippen LogP contribution in [0.5, 0.6) is 0 Å². The maximum atomic E-state index is 14.2. The first kappa shape index (κ1) is 19.4. The molecule has 142 valence electrons. The van der Waals surface area contributed by atoms with Crippen LogP contribution in [-0.2, 0) is 9.59 Å². The van der Waals surface area contributed by atoms with E-state index in [-0.39, 0.29) is 23.3 Å². The van der Waals surface area contributed by atoms with Crippen molar-refractivity contribution in [3.05, 3.63) is 59.7 Å². The number of hydrogen-bond acceptors (Lipinski definition) is 3. The zero-order valence-electron chi connectivity index (χ0n) is 14.9. The van der Waals surface area contributed by atoms with E-state index in [0.717, 1.165) is 30.5 Å². The lowest BCUT2D eigenvalue weighted by Gasteiger charge is -2.25. The van der Waals surface area contributed by atoms with Crippen molar-refractivity contribution in [2.75, 3.05) is 16.0 Å². The number of carbonyl (C=O) groups excluding carboxylic acids is 2. The second-order valence-corrected chi connectivity index (χ2v) is 7.37. The number of anilines is 2. The number of thioether (sulfide) groups is 1. The third-order valence-electron chi connectivity index (χ3n) is 4.25. The van der Waals surface area contributed by atoms with E-state index in [4.69, 9.17) is 0 Å². The fourth-order valence-electron chi connectivity index (χ4n) is 2.94. The van der Waals surface area contributed by atoms with Gasteiger partial charge in [0.1, 0.15) is 17.0 Å². The van der Waals surface area contributed by atoms with Crippen molar-refractivity contribution >= 4 is 35.0 Å². The molecule has 1 aliphatic heterocycles. The molecule has 0 unspecified atom stereocenters. The molecule has 2 aromatic carbocycles. The molecule has 3 rings (SSSR count). The summed E-state index contributed by atoms with van der Waals surface area (Å²) in [5.74, 6) is -1.57. The maximum Gasteiger partial charge on any atom is 0.238 e. The number of halogens is 2. The van der Waals surface area contributed by atoms with Crippen LogP contribution >= 0.6 is 11.8 Å². The van der Waals surface area contributed by atoms with Crippen LogP contribution in [0.3, 0.4) is 0 Å². The van der Waals surface area contributed by atoms with E-state index in [1.165, 1.54) is 22.7 Å². The number of nitrogens with zero attached hydrogens (tertiary/aromatic N) is 1. The summed E-state index contributed by atoms with van der Waals surface area (Å²) in [6.07, 6.45) is 2.20. The molecular formula is C20H20F2N2O2S. The Labute approximate surface area is 160 Å². The number of unbranched alkanes of at least 4 members (excludes halogenated alkanes) is 1. The summed E-state index contributed by atoms with van der Waals surface area (Å²) in [6, 6.07) is 10.4. The van der Waals surface area contributed by atoms with Crippen molar-refractivity contribution in [2.45, 2.75) is 31.6 Å². The van der Waals surface area contributed by atoms with Gasteiger partial charge < -0.3 is 5.32 Å². The van der Waals surface area contributed by atoms with Crippen LogP contribution in [0.25, 0.3) is 0 Å². The topological polar surface area (TPSA) is 49.4 Å². The van der Waals surface area contributed by atoms with E-state index < -0.39 is 17.0 Å². The van der Waals surface area contributed by atoms with Gasteiger partial charge in [0.2, 0.25) is 11.8 Å². The first-order valence-corrected chi connectivity index (χ1v) is 9.83. The number of amides is 2. The number of hydrogen-bond donors (Lipinski definition) is 1. The minimum atomic E-state index is -0.778. The average Bonchev–Trinajstić information content (AvgIpc) is 3.02. The third-order valence-corrected chi connectivity index (χ3v) is 5.46. The maximum absolute atomic E-state index is 14.2. The lowest BCUT2D eigenvalue weighted by Crippen LogP contribution is -2.28. The zero-order valence-corrected chi connectivity index (χ0v) is 15.7. The van der Waals surface area contributed by atoms with Gasteiger partial charge in [0.15, 0.2) is 0 Å². The summed E-state index contributed by atoms with van der Waals surface area (Å²) in [5, 5.41) is 2.41. The summed E-state index contributed by atoms with van der Waals surface area (Å²) in [7, 11) is 0. The van der Waals surface area contributed by atoms with Gasteiger partial charge in [-0.3, -0.25) is 14.5 Å². The Morgan fingerprint density at radius 1 is 1.26 bits per heavy atom. The molecule has 1 heterocycles. The first-order valence-electron chi connectivity index (χ1n) is 8.78. The number of rotatable bonds is 6.